The molecule has 0 heterocycles. The molecule has 0 amide bonds. The summed E-state index contributed by atoms with van der Waals surface area (Å²) >= 11 is 5.93. The number of benzene rings is 3. The fourth-order valence-electron chi connectivity index (χ4n) is 3.29. The van der Waals surface area contributed by atoms with Crippen LogP contribution in [0.5, 0.6) is 17.2 Å². The van der Waals surface area contributed by atoms with Crippen molar-refractivity contribution in [3.63, 3.8) is 0 Å². The van der Waals surface area contributed by atoms with Crippen molar-refractivity contribution in [2.24, 2.45) is 5.92 Å². The highest BCUT2D eigenvalue weighted by atomic mass is 35.5. The van der Waals surface area contributed by atoms with E-state index in [1.165, 1.54) is 30.3 Å². The van der Waals surface area contributed by atoms with Gasteiger partial charge in [-0.05, 0) is 53.4 Å². The number of hydrogen-bond donors (Lipinski definition) is 0. The van der Waals surface area contributed by atoms with Gasteiger partial charge in [-0.2, -0.15) is 0 Å². The first-order valence-electron chi connectivity index (χ1n) is 10.3. The fourth-order valence-corrected chi connectivity index (χ4v) is 3.51. The zero-order chi connectivity index (χ0) is 24.9. The molecule has 0 fully saturated rings. The Morgan fingerprint density at radius 3 is 2.29 bits per heavy atom. The van der Waals surface area contributed by atoms with Crippen LogP contribution < -0.4 is 9.47 Å². The van der Waals surface area contributed by atoms with Crippen LogP contribution in [0.3, 0.4) is 0 Å². The molecule has 0 aliphatic carbocycles. The average molecular weight is 497 g/mol. The molecule has 0 spiro atoms. The minimum atomic E-state index is -4.89. The van der Waals surface area contributed by atoms with E-state index in [4.69, 9.17) is 21.1 Å². The lowest BCUT2D eigenvalue weighted by Gasteiger charge is -2.21. The molecule has 34 heavy (non-hydrogen) atoms. The standard InChI is InChI=1S/C25H21ClF4O4/c1-15(2)23(17-9-11-21(19(26)13-17)34-25(28,29)30)24(31)32-14-16-8-10-20(27)22(12-16)33-18-6-4-3-5-7-18/h3-13,15,23H,14H2,1-2H3. The van der Waals surface area contributed by atoms with Gasteiger partial charge in [0.1, 0.15) is 18.1 Å². The first kappa shape index (κ1) is 25.4. The van der Waals surface area contributed by atoms with E-state index in [-0.39, 0.29) is 23.3 Å². The largest absolute Gasteiger partial charge is 0.573 e. The molecule has 4 nitrogen and oxygen atoms in total. The van der Waals surface area contributed by atoms with E-state index >= 15 is 0 Å². The summed E-state index contributed by atoms with van der Waals surface area (Å²) in [6, 6.07) is 16.4. The molecule has 0 aliphatic heterocycles. The highest BCUT2D eigenvalue weighted by molar-refractivity contribution is 6.32. The third kappa shape index (κ3) is 6.87. The lowest BCUT2D eigenvalue weighted by molar-refractivity contribution is -0.274. The summed E-state index contributed by atoms with van der Waals surface area (Å²) in [7, 11) is 0. The van der Waals surface area contributed by atoms with Crippen LogP contribution in [-0.2, 0) is 16.1 Å². The average Bonchev–Trinajstić information content (AvgIpc) is 2.76. The molecule has 3 aromatic rings. The first-order valence-corrected chi connectivity index (χ1v) is 10.6. The van der Waals surface area contributed by atoms with Gasteiger partial charge in [0.25, 0.3) is 0 Å². The highest BCUT2D eigenvalue weighted by Gasteiger charge is 2.33. The van der Waals surface area contributed by atoms with Crippen LogP contribution in [0.2, 0.25) is 5.02 Å². The van der Waals surface area contributed by atoms with Crippen LogP contribution in [0, 0.1) is 11.7 Å². The Kier molecular flexibility index (Phi) is 8.04. The molecular weight excluding hydrogens is 476 g/mol. The highest BCUT2D eigenvalue weighted by Crippen LogP contribution is 2.35. The molecule has 1 unspecified atom stereocenters. The Morgan fingerprint density at radius 1 is 0.971 bits per heavy atom. The Labute approximate surface area is 199 Å². The minimum absolute atomic E-state index is 0.0211. The van der Waals surface area contributed by atoms with Gasteiger partial charge in [-0.1, -0.05) is 55.8 Å². The van der Waals surface area contributed by atoms with Crippen LogP contribution in [0.15, 0.2) is 66.7 Å². The van der Waals surface area contributed by atoms with Gasteiger partial charge in [0.15, 0.2) is 11.6 Å². The maximum atomic E-state index is 14.2. The number of ether oxygens (including phenoxy) is 3. The van der Waals surface area contributed by atoms with Gasteiger partial charge in [-0.25, -0.2) is 4.39 Å². The number of hydrogen-bond acceptors (Lipinski definition) is 4. The van der Waals surface area contributed by atoms with Crippen molar-refractivity contribution in [1.29, 1.82) is 0 Å². The van der Waals surface area contributed by atoms with Crippen molar-refractivity contribution in [3.8, 4) is 17.2 Å². The van der Waals surface area contributed by atoms with Crippen LogP contribution in [0.25, 0.3) is 0 Å². The molecule has 0 N–H and O–H groups in total. The molecule has 1 atom stereocenters. The SMILES string of the molecule is CC(C)C(C(=O)OCc1ccc(F)c(Oc2ccccc2)c1)c1ccc(OC(F)(F)F)c(Cl)c1. The number of para-hydroxylation sites is 1. The Hall–Kier alpha value is -3.26. The summed E-state index contributed by atoms with van der Waals surface area (Å²) < 4.78 is 66.5. The third-order valence-electron chi connectivity index (χ3n) is 4.81. The Morgan fingerprint density at radius 2 is 1.68 bits per heavy atom. The summed E-state index contributed by atoms with van der Waals surface area (Å²) in [5.41, 5.74) is 0.877. The fraction of sp³-hybridized carbons (Fsp3) is 0.240. The summed E-state index contributed by atoms with van der Waals surface area (Å²) in [4.78, 5) is 12.8. The summed E-state index contributed by atoms with van der Waals surface area (Å²) in [6.07, 6.45) is -4.89. The molecule has 0 aromatic heterocycles. The van der Waals surface area contributed by atoms with E-state index in [2.05, 4.69) is 4.74 Å². The Bertz CT molecular complexity index is 1130. The van der Waals surface area contributed by atoms with Crippen molar-refractivity contribution in [1.82, 2.24) is 0 Å². The number of halogens is 5. The van der Waals surface area contributed by atoms with Crippen molar-refractivity contribution in [3.05, 3.63) is 88.7 Å². The second kappa shape index (κ2) is 10.8. The zero-order valence-corrected chi connectivity index (χ0v) is 19.0. The molecule has 3 aromatic carbocycles. The van der Waals surface area contributed by atoms with E-state index in [0.29, 0.717) is 16.9 Å². The van der Waals surface area contributed by atoms with Crippen molar-refractivity contribution >= 4 is 17.6 Å². The predicted octanol–water partition coefficient (Wildman–Crippen LogP) is 7.65. The molecule has 3 rings (SSSR count). The number of carbonyl (C=O) groups excluding carboxylic acids is 1. The molecule has 0 bridgehead atoms. The van der Waals surface area contributed by atoms with Gasteiger partial charge in [0.2, 0.25) is 0 Å². The first-order chi connectivity index (χ1) is 16.0. The lowest BCUT2D eigenvalue weighted by Crippen LogP contribution is -2.21. The zero-order valence-electron chi connectivity index (χ0n) is 18.2. The predicted molar refractivity (Wildman–Crippen MR) is 118 cm³/mol. The molecule has 0 radical (unpaired) electrons. The molecular formula is C25H21ClF4O4. The molecule has 9 heteroatoms. The molecule has 0 saturated heterocycles. The maximum Gasteiger partial charge on any atom is 0.573 e. The van der Waals surface area contributed by atoms with Gasteiger partial charge < -0.3 is 14.2 Å². The summed E-state index contributed by atoms with van der Waals surface area (Å²) in [5, 5.41) is -0.283. The number of esters is 1. The molecule has 0 aliphatic rings. The number of alkyl halides is 3. The maximum absolute atomic E-state index is 14.2. The Balaban J connectivity index is 1.72. The topological polar surface area (TPSA) is 44.8 Å². The van der Waals surface area contributed by atoms with Crippen molar-refractivity contribution < 1.29 is 36.6 Å². The van der Waals surface area contributed by atoms with Crippen LogP contribution in [0.1, 0.15) is 30.9 Å². The van der Waals surface area contributed by atoms with Gasteiger partial charge in [-0.3, -0.25) is 4.79 Å². The minimum Gasteiger partial charge on any atom is -0.460 e. The van der Waals surface area contributed by atoms with Crippen LogP contribution in [-0.4, -0.2) is 12.3 Å². The monoisotopic (exact) mass is 496 g/mol. The quantitative estimate of drug-likeness (QED) is 0.237. The van der Waals surface area contributed by atoms with E-state index in [1.807, 2.05) is 0 Å². The van der Waals surface area contributed by atoms with E-state index in [9.17, 15) is 22.4 Å². The number of rotatable bonds is 8. The van der Waals surface area contributed by atoms with Gasteiger partial charge in [-0.15, -0.1) is 13.2 Å². The third-order valence-corrected chi connectivity index (χ3v) is 5.10. The van der Waals surface area contributed by atoms with Gasteiger partial charge >= 0.3 is 12.3 Å². The second-order valence-electron chi connectivity index (χ2n) is 7.75. The van der Waals surface area contributed by atoms with Crippen LogP contribution >= 0.6 is 11.6 Å². The van der Waals surface area contributed by atoms with Crippen molar-refractivity contribution in [2.75, 3.05) is 0 Å². The summed E-state index contributed by atoms with van der Waals surface area (Å²) in [5.74, 6) is -2.36. The molecule has 0 saturated carbocycles. The van der Waals surface area contributed by atoms with E-state index in [0.717, 1.165) is 6.07 Å². The van der Waals surface area contributed by atoms with Gasteiger partial charge in [0.05, 0.1) is 10.9 Å². The normalized spacial score (nSPS) is 12.4. The lowest BCUT2D eigenvalue weighted by atomic mass is 9.88. The molecule has 180 valence electrons. The van der Waals surface area contributed by atoms with E-state index in [1.54, 1.807) is 44.2 Å². The van der Waals surface area contributed by atoms with Crippen LogP contribution in [0.4, 0.5) is 17.6 Å². The second-order valence-corrected chi connectivity index (χ2v) is 8.15. The van der Waals surface area contributed by atoms with Gasteiger partial charge in [0, 0.05) is 0 Å². The number of carbonyl (C=O) groups is 1. The smallest absolute Gasteiger partial charge is 0.460 e. The summed E-state index contributed by atoms with van der Waals surface area (Å²) in [6.45, 7) is 3.38. The van der Waals surface area contributed by atoms with Crippen molar-refractivity contribution in [2.45, 2.75) is 32.7 Å². The van der Waals surface area contributed by atoms with E-state index < -0.39 is 29.8 Å².